The molecule has 0 fully saturated rings. The van der Waals surface area contributed by atoms with Gasteiger partial charge in [0.15, 0.2) is 0 Å². The maximum absolute atomic E-state index is 11.6. The number of ether oxygens (including phenoxy) is 2. The lowest BCUT2D eigenvalue weighted by atomic mass is 10.1. The van der Waals surface area contributed by atoms with Crippen LogP contribution in [0.1, 0.15) is 41.4 Å². The fourth-order valence-electron chi connectivity index (χ4n) is 4.31. The Hall–Kier alpha value is -4.80. The number of benzene rings is 4. The minimum absolute atomic E-state index is 0.202. The summed E-state index contributed by atoms with van der Waals surface area (Å²) in [7, 11) is 2.71. The number of esters is 2. The standard InChI is InChI=1S/C16H12O4S.C14H8O4S/c1-19-15(17)9-3-5-13-11(7-9)12-8-10(16(18)20-2)4-6-14(12)21-13;15-13(16)7-1-3-11-9(5-7)10-6-8(14(17)18)2-4-12(10)19-11/h3-8H,1-2H3;1-6H,(H,15,16)(H,17,18). The first-order chi connectivity index (χ1) is 19.2. The van der Waals surface area contributed by atoms with Crippen molar-refractivity contribution in [1.29, 1.82) is 0 Å². The monoisotopic (exact) mass is 572 g/mol. The summed E-state index contributed by atoms with van der Waals surface area (Å²) in [4.78, 5) is 45.3. The first-order valence-corrected chi connectivity index (χ1v) is 13.4. The van der Waals surface area contributed by atoms with E-state index in [0.717, 1.165) is 40.3 Å². The number of aromatic carboxylic acids is 2. The summed E-state index contributed by atoms with van der Waals surface area (Å²) in [6.07, 6.45) is 0. The van der Waals surface area contributed by atoms with Crippen LogP contribution in [0.5, 0.6) is 0 Å². The maximum atomic E-state index is 11.6. The van der Waals surface area contributed by atoms with Crippen LogP contribution in [-0.4, -0.2) is 48.3 Å². The van der Waals surface area contributed by atoms with Crippen molar-refractivity contribution in [3.8, 4) is 0 Å². The van der Waals surface area contributed by atoms with Gasteiger partial charge in [-0.05, 0) is 72.8 Å². The van der Waals surface area contributed by atoms with E-state index in [1.165, 1.54) is 25.6 Å². The quantitative estimate of drug-likeness (QED) is 0.215. The molecule has 10 heteroatoms. The number of methoxy groups -OCH3 is 2. The number of carbonyl (C=O) groups is 4. The van der Waals surface area contributed by atoms with E-state index in [1.54, 1.807) is 72.0 Å². The first kappa shape index (κ1) is 26.8. The minimum atomic E-state index is -0.990. The summed E-state index contributed by atoms with van der Waals surface area (Å²) < 4.78 is 13.5. The number of carbonyl (C=O) groups excluding carboxylic acids is 2. The summed E-state index contributed by atoms with van der Waals surface area (Å²) in [5.41, 5.74) is 1.39. The molecular formula is C30H20O8S2. The van der Waals surface area contributed by atoms with Gasteiger partial charge >= 0.3 is 23.9 Å². The molecule has 2 N–H and O–H groups in total. The molecule has 0 saturated carbocycles. The van der Waals surface area contributed by atoms with Crippen molar-refractivity contribution in [2.24, 2.45) is 0 Å². The highest BCUT2D eigenvalue weighted by molar-refractivity contribution is 7.26. The van der Waals surface area contributed by atoms with Crippen LogP contribution >= 0.6 is 22.7 Å². The van der Waals surface area contributed by atoms with Crippen molar-refractivity contribution < 1.29 is 38.9 Å². The predicted molar refractivity (Wildman–Crippen MR) is 155 cm³/mol. The van der Waals surface area contributed by atoms with Gasteiger partial charge < -0.3 is 19.7 Å². The normalized spacial score (nSPS) is 10.8. The highest BCUT2D eigenvalue weighted by atomic mass is 32.1. The van der Waals surface area contributed by atoms with E-state index in [0.29, 0.717) is 11.1 Å². The molecule has 4 aromatic carbocycles. The van der Waals surface area contributed by atoms with Gasteiger partial charge in [-0.3, -0.25) is 0 Å². The molecule has 8 nitrogen and oxygen atoms in total. The molecule has 0 unspecified atom stereocenters. The molecule has 0 aliphatic rings. The van der Waals surface area contributed by atoms with Gasteiger partial charge in [0.2, 0.25) is 0 Å². The van der Waals surface area contributed by atoms with Gasteiger partial charge in [-0.2, -0.15) is 0 Å². The Kier molecular flexibility index (Phi) is 7.20. The topological polar surface area (TPSA) is 127 Å². The van der Waals surface area contributed by atoms with Crippen LogP contribution < -0.4 is 0 Å². The van der Waals surface area contributed by atoms with Crippen molar-refractivity contribution in [1.82, 2.24) is 0 Å². The van der Waals surface area contributed by atoms with E-state index in [4.69, 9.17) is 19.7 Å². The lowest BCUT2D eigenvalue weighted by Gasteiger charge is -2.01. The van der Waals surface area contributed by atoms with Crippen molar-refractivity contribution >= 4 is 86.9 Å². The molecule has 2 aromatic heterocycles. The van der Waals surface area contributed by atoms with E-state index in [1.807, 2.05) is 12.1 Å². The average Bonchev–Trinajstić information content (AvgIpc) is 3.52. The van der Waals surface area contributed by atoms with Crippen LogP contribution in [0.15, 0.2) is 72.8 Å². The van der Waals surface area contributed by atoms with Gasteiger partial charge in [0.05, 0.1) is 36.5 Å². The Balaban J connectivity index is 0.000000162. The van der Waals surface area contributed by atoms with Gasteiger partial charge in [0.25, 0.3) is 0 Å². The average molecular weight is 573 g/mol. The summed E-state index contributed by atoms with van der Waals surface area (Å²) >= 11 is 3.13. The molecule has 0 amide bonds. The van der Waals surface area contributed by atoms with Crippen molar-refractivity contribution in [2.45, 2.75) is 0 Å². The highest BCUT2D eigenvalue weighted by Gasteiger charge is 2.14. The van der Waals surface area contributed by atoms with E-state index in [9.17, 15) is 19.2 Å². The molecule has 6 aromatic rings. The number of thiophene rings is 2. The maximum Gasteiger partial charge on any atom is 0.337 e. The smallest absolute Gasteiger partial charge is 0.337 e. The summed E-state index contributed by atoms with van der Waals surface area (Å²) in [5.74, 6) is -2.73. The minimum Gasteiger partial charge on any atom is -0.478 e. The zero-order chi connectivity index (χ0) is 28.6. The van der Waals surface area contributed by atoms with Crippen LogP contribution in [0, 0.1) is 0 Å². The van der Waals surface area contributed by atoms with Gasteiger partial charge in [-0.15, -0.1) is 22.7 Å². The van der Waals surface area contributed by atoms with Crippen molar-refractivity contribution in [3.63, 3.8) is 0 Å². The lowest BCUT2D eigenvalue weighted by Crippen LogP contribution is -2.00. The van der Waals surface area contributed by atoms with Gasteiger partial charge in [0, 0.05) is 40.3 Å². The molecule has 0 atom stereocenters. The number of fused-ring (bicyclic) bond motifs is 6. The number of carboxylic acids is 2. The van der Waals surface area contributed by atoms with E-state index < -0.39 is 11.9 Å². The van der Waals surface area contributed by atoms with Crippen LogP contribution in [0.3, 0.4) is 0 Å². The van der Waals surface area contributed by atoms with Crippen molar-refractivity contribution in [3.05, 3.63) is 95.1 Å². The van der Waals surface area contributed by atoms with Crippen molar-refractivity contribution in [2.75, 3.05) is 14.2 Å². The van der Waals surface area contributed by atoms with Crippen LogP contribution in [0.4, 0.5) is 0 Å². The summed E-state index contributed by atoms with van der Waals surface area (Å²) in [6, 6.07) is 20.6. The fraction of sp³-hybridized carbons (Fsp3) is 0.0667. The third-order valence-electron chi connectivity index (χ3n) is 6.27. The number of hydrogen-bond donors (Lipinski definition) is 2. The molecular weight excluding hydrogens is 552 g/mol. The first-order valence-electron chi connectivity index (χ1n) is 11.8. The van der Waals surface area contributed by atoms with E-state index >= 15 is 0 Å². The zero-order valence-corrected chi connectivity index (χ0v) is 22.7. The summed E-state index contributed by atoms with van der Waals surface area (Å²) in [6.45, 7) is 0. The largest absolute Gasteiger partial charge is 0.478 e. The second-order valence-corrected chi connectivity index (χ2v) is 10.8. The zero-order valence-electron chi connectivity index (χ0n) is 21.1. The Morgan fingerprint density at radius 2 is 0.775 bits per heavy atom. The fourth-order valence-corrected chi connectivity index (χ4v) is 6.44. The number of rotatable bonds is 4. The number of hydrogen-bond acceptors (Lipinski definition) is 8. The SMILES string of the molecule is COC(=O)c1ccc2sc3ccc(C(=O)OC)cc3c2c1.O=C(O)c1ccc2sc3ccc(C(=O)O)cc3c2c1. The van der Waals surface area contributed by atoms with Crippen LogP contribution in [0.2, 0.25) is 0 Å². The summed E-state index contributed by atoms with van der Waals surface area (Å²) in [5, 5.41) is 21.4. The molecule has 6 rings (SSSR count). The lowest BCUT2D eigenvalue weighted by molar-refractivity contribution is 0.0592. The van der Waals surface area contributed by atoms with Gasteiger partial charge in [-0.1, -0.05) is 0 Å². The Labute approximate surface area is 234 Å². The van der Waals surface area contributed by atoms with Crippen LogP contribution in [-0.2, 0) is 9.47 Å². The van der Waals surface area contributed by atoms with Crippen LogP contribution in [0.25, 0.3) is 40.3 Å². The number of carboxylic acid groups (broad SMARTS) is 2. The highest BCUT2D eigenvalue weighted by Crippen LogP contribution is 2.36. The molecule has 0 bridgehead atoms. The molecule has 200 valence electrons. The van der Waals surface area contributed by atoms with E-state index in [-0.39, 0.29) is 23.1 Å². The van der Waals surface area contributed by atoms with Gasteiger partial charge in [-0.25, -0.2) is 19.2 Å². The molecule has 0 radical (unpaired) electrons. The molecule has 40 heavy (non-hydrogen) atoms. The molecule has 0 aliphatic heterocycles. The Morgan fingerprint density at radius 1 is 0.500 bits per heavy atom. The van der Waals surface area contributed by atoms with E-state index in [2.05, 4.69) is 0 Å². The molecule has 0 spiro atoms. The molecule has 0 saturated heterocycles. The second kappa shape index (κ2) is 10.8. The molecule has 2 heterocycles. The third-order valence-corrected chi connectivity index (χ3v) is 8.58. The Morgan fingerprint density at radius 3 is 1.05 bits per heavy atom. The second-order valence-electron chi connectivity index (χ2n) is 8.64. The molecule has 0 aliphatic carbocycles. The Bertz CT molecular complexity index is 1840. The predicted octanol–water partition coefficient (Wildman–Crippen LogP) is 7.08. The van der Waals surface area contributed by atoms with Gasteiger partial charge in [0.1, 0.15) is 0 Å². The third kappa shape index (κ3) is 4.97.